The van der Waals surface area contributed by atoms with Gasteiger partial charge in [-0.2, -0.15) is 11.8 Å². The summed E-state index contributed by atoms with van der Waals surface area (Å²) in [6.45, 7) is 6.23. The molecule has 1 aliphatic heterocycles. The first-order valence-corrected chi connectivity index (χ1v) is 9.48. The lowest BCUT2D eigenvalue weighted by molar-refractivity contribution is 0.160. The molecule has 1 spiro atoms. The number of hydrogen-bond donors (Lipinski definition) is 1. The van der Waals surface area contributed by atoms with Gasteiger partial charge in [-0.05, 0) is 50.9 Å². The molecular formula is C16H30N2S. The summed E-state index contributed by atoms with van der Waals surface area (Å²) in [7, 11) is 0. The van der Waals surface area contributed by atoms with Crippen LogP contribution in [0.25, 0.3) is 0 Å². The van der Waals surface area contributed by atoms with Gasteiger partial charge < -0.3 is 5.32 Å². The van der Waals surface area contributed by atoms with Crippen molar-refractivity contribution in [2.75, 3.05) is 25.4 Å². The van der Waals surface area contributed by atoms with Crippen molar-refractivity contribution in [2.45, 2.75) is 75.1 Å². The van der Waals surface area contributed by atoms with Crippen LogP contribution in [0, 0.1) is 0 Å². The van der Waals surface area contributed by atoms with E-state index < -0.39 is 0 Å². The zero-order chi connectivity index (χ0) is 13.1. The average Bonchev–Trinajstić information content (AvgIpc) is 2.98. The Bertz CT molecular complexity index is 288. The molecule has 0 aromatic carbocycles. The summed E-state index contributed by atoms with van der Waals surface area (Å²) < 4.78 is 0. The molecule has 2 unspecified atom stereocenters. The van der Waals surface area contributed by atoms with Gasteiger partial charge in [-0.1, -0.05) is 26.2 Å². The first-order chi connectivity index (χ1) is 9.33. The van der Waals surface area contributed by atoms with Crippen LogP contribution in [0.3, 0.4) is 0 Å². The molecule has 2 atom stereocenters. The third kappa shape index (κ3) is 3.14. The maximum Gasteiger partial charge on any atom is 0.0308 e. The maximum atomic E-state index is 3.91. The van der Waals surface area contributed by atoms with E-state index in [4.69, 9.17) is 0 Å². The lowest BCUT2D eigenvalue weighted by Crippen LogP contribution is -2.52. The van der Waals surface area contributed by atoms with Crippen LogP contribution in [-0.4, -0.2) is 47.1 Å². The van der Waals surface area contributed by atoms with Crippen LogP contribution in [0.1, 0.15) is 58.3 Å². The fraction of sp³-hybridized carbons (Fsp3) is 1.00. The zero-order valence-electron chi connectivity index (χ0n) is 12.5. The molecule has 0 aromatic heterocycles. The molecule has 3 aliphatic rings. The highest BCUT2D eigenvalue weighted by molar-refractivity contribution is 7.99. The molecular weight excluding hydrogens is 252 g/mol. The van der Waals surface area contributed by atoms with Crippen molar-refractivity contribution in [3.05, 3.63) is 0 Å². The summed E-state index contributed by atoms with van der Waals surface area (Å²) in [6, 6.07) is 0.877. The number of nitrogens with one attached hydrogen (secondary N) is 1. The van der Waals surface area contributed by atoms with Crippen molar-refractivity contribution in [1.29, 1.82) is 0 Å². The van der Waals surface area contributed by atoms with Crippen LogP contribution < -0.4 is 5.32 Å². The molecule has 19 heavy (non-hydrogen) atoms. The Morgan fingerprint density at radius 1 is 1.16 bits per heavy atom. The zero-order valence-corrected chi connectivity index (χ0v) is 13.3. The SMILES string of the molecule is CCSC1CCCC1N1CCCNC2(CCCC2)C1. The van der Waals surface area contributed by atoms with Gasteiger partial charge >= 0.3 is 0 Å². The first-order valence-electron chi connectivity index (χ1n) is 8.44. The third-order valence-corrected chi connectivity index (χ3v) is 6.77. The highest BCUT2D eigenvalue weighted by Gasteiger charge is 2.40. The second kappa shape index (κ2) is 6.36. The van der Waals surface area contributed by atoms with Crippen molar-refractivity contribution < 1.29 is 0 Å². The van der Waals surface area contributed by atoms with Gasteiger partial charge in [0, 0.05) is 23.4 Å². The second-order valence-electron chi connectivity index (χ2n) is 6.73. The molecule has 0 amide bonds. The van der Waals surface area contributed by atoms with Crippen molar-refractivity contribution in [3.63, 3.8) is 0 Å². The smallest absolute Gasteiger partial charge is 0.0308 e. The molecule has 2 aliphatic carbocycles. The Labute approximate surface area is 123 Å². The lowest BCUT2D eigenvalue weighted by atomic mass is 9.96. The third-order valence-electron chi connectivity index (χ3n) is 5.46. The van der Waals surface area contributed by atoms with Crippen molar-refractivity contribution in [3.8, 4) is 0 Å². The van der Waals surface area contributed by atoms with Crippen LogP contribution in [0.5, 0.6) is 0 Å². The van der Waals surface area contributed by atoms with Crippen LogP contribution in [0.4, 0.5) is 0 Å². The van der Waals surface area contributed by atoms with E-state index in [1.165, 1.54) is 76.8 Å². The van der Waals surface area contributed by atoms with E-state index in [2.05, 4.69) is 28.9 Å². The molecule has 3 rings (SSSR count). The van der Waals surface area contributed by atoms with Crippen LogP contribution in [0.15, 0.2) is 0 Å². The average molecular weight is 282 g/mol. The van der Waals surface area contributed by atoms with Gasteiger partial charge in [-0.15, -0.1) is 0 Å². The number of hydrogen-bond acceptors (Lipinski definition) is 3. The molecule has 1 heterocycles. The fourth-order valence-electron chi connectivity index (χ4n) is 4.56. The summed E-state index contributed by atoms with van der Waals surface area (Å²) in [6.07, 6.45) is 11.4. The molecule has 2 saturated carbocycles. The Kier molecular flexibility index (Phi) is 4.76. The molecule has 1 N–H and O–H groups in total. The van der Waals surface area contributed by atoms with Crippen molar-refractivity contribution in [1.82, 2.24) is 10.2 Å². The topological polar surface area (TPSA) is 15.3 Å². The van der Waals surface area contributed by atoms with E-state index in [0.717, 1.165) is 11.3 Å². The van der Waals surface area contributed by atoms with Gasteiger partial charge in [0.25, 0.3) is 0 Å². The molecule has 0 radical (unpaired) electrons. The summed E-state index contributed by atoms with van der Waals surface area (Å²) in [5.74, 6) is 1.29. The van der Waals surface area contributed by atoms with Gasteiger partial charge in [0.15, 0.2) is 0 Å². The van der Waals surface area contributed by atoms with Crippen molar-refractivity contribution >= 4 is 11.8 Å². The predicted molar refractivity (Wildman–Crippen MR) is 85.0 cm³/mol. The van der Waals surface area contributed by atoms with Gasteiger partial charge in [-0.25, -0.2) is 0 Å². The monoisotopic (exact) mass is 282 g/mol. The summed E-state index contributed by atoms with van der Waals surface area (Å²) in [5.41, 5.74) is 0.487. The largest absolute Gasteiger partial charge is 0.310 e. The summed E-state index contributed by atoms with van der Waals surface area (Å²) in [4.78, 5) is 2.88. The molecule has 110 valence electrons. The molecule has 0 bridgehead atoms. The summed E-state index contributed by atoms with van der Waals surface area (Å²) in [5, 5.41) is 4.83. The number of rotatable bonds is 3. The maximum absolute atomic E-state index is 3.91. The minimum Gasteiger partial charge on any atom is -0.310 e. The molecule has 3 heteroatoms. The first kappa shape index (κ1) is 14.2. The quantitative estimate of drug-likeness (QED) is 0.855. The van der Waals surface area contributed by atoms with E-state index in [-0.39, 0.29) is 0 Å². The Morgan fingerprint density at radius 2 is 2.00 bits per heavy atom. The highest BCUT2D eigenvalue weighted by Crippen LogP contribution is 2.37. The molecule has 3 fully saturated rings. The second-order valence-corrected chi connectivity index (χ2v) is 8.25. The Hall–Kier alpha value is 0.270. The van der Waals surface area contributed by atoms with Gasteiger partial charge in [0.05, 0.1) is 0 Å². The summed E-state index contributed by atoms with van der Waals surface area (Å²) >= 11 is 2.22. The standard InChI is InChI=1S/C16H30N2S/c1-2-19-15-8-5-7-14(15)18-12-6-11-17-16(13-18)9-3-4-10-16/h14-15,17H,2-13H2,1H3. The van der Waals surface area contributed by atoms with Crippen molar-refractivity contribution in [2.24, 2.45) is 0 Å². The molecule has 2 nitrogen and oxygen atoms in total. The van der Waals surface area contributed by atoms with Crippen LogP contribution in [0.2, 0.25) is 0 Å². The van der Waals surface area contributed by atoms with Crippen LogP contribution in [-0.2, 0) is 0 Å². The van der Waals surface area contributed by atoms with E-state index in [0.29, 0.717) is 5.54 Å². The lowest BCUT2D eigenvalue weighted by Gasteiger charge is -2.38. The molecule has 0 aromatic rings. The van der Waals surface area contributed by atoms with Gasteiger partial charge in [0.1, 0.15) is 0 Å². The van der Waals surface area contributed by atoms with E-state index in [1.807, 2.05) is 0 Å². The normalized spacial score (nSPS) is 35.8. The minimum absolute atomic E-state index is 0.487. The van der Waals surface area contributed by atoms with E-state index in [1.54, 1.807) is 0 Å². The van der Waals surface area contributed by atoms with E-state index in [9.17, 15) is 0 Å². The Morgan fingerprint density at radius 3 is 2.79 bits per heavy atom. The number of thioether (sulfide) groups is 1. The predicted octanol–water partition coefficient (Wildman–Crippen LogP) is 3.27. The van der Waals surface area contributed by atoms with Gasteiger partial charge in [0.2, 0.25) is 0 Å². The fourth-order valence-corrected chi connectivity index (χ4v) is 5.85. The highest BCUT2D eigenvalue weighted by atomic mass is 32.2. The van der Waals surface area contributed by atoms with E-state index >= 15 is 0 Å². The minimum atomic E-state index is 0.487. The van der Waals surface area contributed by atoms with Gasteiger partial charge in [-0.3, -0.25) is 4.90 Å². The van der Waals surface area contributed by atoms with Crippen LogP contribution >= 0.6 is 11.8 Å². The molecule has 1 saturated heterocycles. The number of nitrogens with zero attached hydrogens (tertiary/aromatic N) is 1. The Balaban J connectivity index is 1.68.